The van der Waals surface area contributed by atoms with E-state index in [1.165, 1.54) is 11.8 Å². The number of hydrogen-bond acceptors (Lipinski definition) is 7. The molecule has 0 bridgehead atoms. The van der Waals surface area contributed by atoms with E-state index in [2.05, 4.69) is 21.5 Å². The van der Waals surface area contributed by atoms with E-state index in [-0.39, 0.29) is 17.6 Å². The molecule has 2 aromatic carbocycles. The number of rotatable bonds is 8. The molecule has 2 atom stereocenters. The van der Waals surface area contributed by atoms with Crippen LogP contribution in [-0.2, 0) is 16.0 Å². The number of carbonyl (C=O) groups excluding carboxylic acids is 2. The molecule has 29 heavy (non-hydrogen) atoms. The summed E-state index contributed by atoms with van der Waals surface area (Å²) in [7, 11) is 3.20. The highest BCUT2D eigenvalue weighted by Crippen LogP contribution is 2.17. The molecule has 0 spiro atoms. The first-order valence-corrected chi connectivity index (χ1v) is 10.1. The fraction of sp³-hybridized carbons (Fsp3) is 0.300. The lowest BCUT2D eigenvalue weighted by molar-refractivity contribution is -0.125. The van der Waals surface area contributed by atoms with Crippen molar-refractivity contribution in [1.29, 1.82) is 0 Å². The Morgan fingerprint density at radius 2 is 1.62 bits per heavy atom. The van der Waals surface area contributed by atoms with Gasteiger partial charge in [-0.1, -0.05) is 12.1 Å². The summed E-state index contributed by atoms with van der Waals surface area (Å²) in [4.78, 5) is 24.5. The maximum atomic E-state index is 12.4. The van der Waals surface area contributed by atoms with E-state index >= 15 is 0 Å². The normalized spacial score (nSPS) is 18.6. The van der Waals surface area contributed by atoms with Gasteiger partial charge in [0.25, 0.3) is 0 Å². The quantitative estimate of drug-likeness (QED) is 0.517. The number of ether oxygens (including phenoxy) is 2. The third kappa shape index (κ3) is 6.11. The molecule has 2 aromatic rings. The molecular weight excluding hydrogens is 392 g/mol. The zero-order valence-corrected chi connectivity index (χ0v) is 17.0. The molecule has 154 valence electrons. The Morgan fingerprint density at radius 3 is 2.21 bits per heavy atom. The van der Waals surface area contributed by atoms with Crippen molar-refractivity contribution in [3.8, 4) is 11.5 Å². The van der Waals surface area contributed by atoms with Crippen molar-refractivity contribution in [3.05, 3.63) is 54.1 Å². The fourth-order valence-electron chi connectivity index (χ4n) is 2.76. The third-order valence-electron chi connectivity index (χ3n) is 4.33. The van der Waals surface area contributed by atoms with Gasteiger partial charge in [-0.25, -0.2) is 10.9 Å². The van der Waals surface area contributed by atoms with Gasteiger partial charge in [-0.3, -0.25) is 9.59 Å². The van der Waals surface area contributed by atoms with Crippen molar-refractivity contribution in [2.75, 3.05) is 25.3 Å². The Kier molecular flexibility index (Phi) is 7.34. The first kappa shape index (κ1) is 21.0. The molecule has 0 saturated carbocycles. The Hall–Kier alpha value is -2.75. The standard InChI is InChI=1S/C20H24N4O4S/c1-27-15-7-3-13(4-8-15)11-17-19(26)22-20(24-23-17)29-12-18(25)21-14-5-9-16(28-2)10-6-14/h3-10,17,20,23-24H,11-12H2,1-2H3,(H,21,25)(H,22,26). The van der Waals surface area contributed by atoms with Gasteiger partial charge in [0.15, 0.2) is 0 Å². The molecule has 1 fully saturated rings. The Bertz CT molecular complexity index is 829. The first-order valence-electron chi connectivity index (χ1n) is 9.07. The van der Waals surface area contributed by atoms with E-state index in [9.17, 15) is 9.59 Å². The van der Waals surface area contributed by atoms with Crippen LogP contribution < -0.4 is 31.0 Å². The van der Waals surface area contributed by atoms with Crippen LogP contribution in [0.1, 0.15) is 5.56 Å². The minimum absolute atomic E-state index is 0.118. The predicted octanol–water partition coefficient (Wildman–Crippen LogP) is 1.49. The van der Waals surface area contributed by atoms with Crippen LogP contribution in [0.3, 0.4) is 0 Å². The van der Waals surface area contributed by atoms with Gasteiger partial charge in [0.2, 0.25) is 11.8 Å². The van der Waals surface area contributed by atoms with Crippen molar-refractivity contribution in [3.63, 3.8) is 0 Å². The molecule has 0 aromatic heterocycles. The van der Waals surface area contributed by atoms with Crippen LogP contribution in [0.5, 0.6) is 11.5 Å². The molecule has 0 radical (unpaired) electrons. The molecule has 0 aliphatic carbocycles. The Balaban J connectivity index is 1.41. The molecule has 8 nitrogen and oxygen atoms in total. The van der Waals surface area contributed by atoms with E-state index in [4.69, 9.17) is 9.47 Å². The molecule has 2 unspecified atom stereocenters. The second kappa shape index (κ2) is 10.1. The fourth-order valence-corrected chi connectivity index (χ4v) is 3.50. The van der Waals surface area contributed by atoms with Crippen LogP contribution in [-0.4, -0.2) is 43.3 Å². The summed E-state index contributed by atoms with van der Waals surface area (Å²) in [5, 5.41) is 5.68. The number of amides is 2. The minimum Gasteiger partial charge on any atom is -0.497 e. The molecule has 3 rings (SSSR count). The second-order valence-corrected chi connectivity index (χ2v) is 7.46. The van der Waals surface area contributed by atoms with E-state index in [0.717, 1.165) is 17.1 Å². The van der Waals surface area contributed by atoms with Gasteiger partial charge in [-0.15, -0.1) is 11.8 Å². The number of carbonyl (C=O) groups is 2. The monoisotopic (exact) mass is 416 g/mol. The highest BCUT2D eigenvalue weighted by molar-refractivity contribution is 8.00. The summed E-state index contributed by atoms with van der Waals surface area (Å²) < 4.78 is 10.2. The van der Waals surface area contributed by atoms with Gasteiger partial charge in [-0.2, -0.15) is 0 Å². The van der Waals surface area contributed by atoms with Gasteiger partial charge in [0.05, 0.1) is 20.0 Å². The van der Waals surface area contributed by atoms with Crippen molar-refractivity contribution < 1.29 is 19.1 Å². The number of thioether (sulfide) groups is 1. The lowest BCUT2D eigenvalue weighted by Crippen LogP contribution is -2.64. The highest BCUT2D eigenvalue weighted by atomic mass is 32.2. The SMILES string of the molecule is COc1ccc(CC2NNC(SCC(=O)Nc3ccc(OC)cc3)NC2=O)cc1. The van der Waals surface area contributed by atoms with Crippen LogP contribution in [0.25, 0.3) is 0 Å². The van der Waals surface area contributed by atoms with Crippen LogP contribution >= 0.6 is 11.8 Å². The summed E-state index contributed by atoms with van der Waals surface area (Å²) in [6, 6.07) is 14.3. The van der Waals surface area contributed by atoms with Crippen LogP contribution in [0.4, 0.5) is 5.69 Å². The largest absolute Gasteiger partial charge is 0.497 e. The lowest BCUT2D eigenvalue weighted by Gasteiger charge is -2.31. The van der Waals surface area contributed by atoms with Crippen molar-refractivity contribution >= 4 is 29.3 Å². The number of hydrogen-bond donors (Lipinski definition) is 4. The molecule has 1 aliphatic heterocycles. The molecule has 9 heteroatoms. The summed E-state index contributed by atoms with van der Waals surface area (Å²) in [5.74, 6) is 1.41. The summed E-state index contributed by atoms with van der Waals surface area (Å²) >= 11 is 1.29. The molecule has 1 heterocycles. The highest BCUT2D eigenvalue weighted by Gasteiger charge is 2.27. The molecule has 1 aliphatic rings. The van der Waals surface area contributed by atoms with Crippen molar-refractivity contribution in [1.82, 2.24) is 16.2 Å². The Morgan fingerprint density at radius 1 is 1.00 bits per heavy atom. The van der Waals surface area contributed by atoms with E-state index in [1.807, 2.05) is 24.3 Å². The lowest BCUT2D eigenvalue weighted by atomic mass is 10.1. The second-order valence-electron chi connectivity index (χ2n) is 6.37. The van der Waals surface area contributed by atoms with Gasteiger partial charge in [0, 0.05) is 5.69 Å². The number of hydrazine groups is 1. The van der Waals surface area contributed by atoms with Crippen LogP contribution in [0.15, 0.2) is 48.5 Å². The zero-order chi connectivity index (χ0) is 20.6. The van der Waals surface area contributed by atoms with E-state index in [0.29, 0.717) is 12.1 Å². The maximum Gasteiger partial charge on any atom is 0.240 e. The smallest absolute Gasteiger partial charge is 0.240 e. The summed E-state index contributed by atoms with van der Waals surface area (Å²) in [5.41, 5.74) is 7.37. The van der Waals surface area contributed by atoms with Crippen LogP contribution in [0.2, 0.25) is 0 Å². The molecule has 4 N–H and O–H groups in total. The zero-order valence-electron chi connectivity index (χ0n) is 16.2. The van der Waals surface area contributed by atoms with Crippen molar-refractivity contribution in [2.45, 2.75) is 18.0 Å². The summed E-state index contributed by atoms with van der Waals surface area (Å²) in [6.45, 7) is 0. The minimum atomic E-state index is -0.395. The van der Waals surface area contributed by atoms with E-state index < -0.39 is 11.5 Å². The van der Waals surface area contributed by atoms with Gasteiger partial charge < -0.3 is 20.1 Å². The average Bonchev–Trinajstić information content (AvgIpc) is 2.75. The van der Waals surface area contributed by atoms with E-state index in [1.54, 1.807) is 38.5 Å². The van der Waals surface area contributed by atoms with Crippen LogP contribution in [0, 0.1) is 0 Å². The number of methoxy groups -OCH3 is 2. The number of nitrogens with one attached hydrogen (secondary N) is 4. The summed E-state index contributed by atoms with van der Waals surface area (Å²) in [6.07, 6.45) is 0.540. The average molecular weight is 417 g/mol. The maximum absolute atomic E-state index is 12.4. The number of benzene rings is 2. The molecular formula is C20H24N4O4S. The van der Waals surface area contributed by atoms with Gasteiger partial charge >= 0.3 is 0 Å². The first-order chi connectivity index (χ1) is 14.1. The Labute approximate surface area is 173 Å². The molecule has 2 amide bonds. The predicted molar refractivity (Wildman–Crippen MR) is 113 cm³/mol. The topological polar surface area (TPSA) is 101 Å². The van der Waals surface area contributed by atoms with Crippen molar-refractivity contribution in [2.24, 2.45) is 0 Å². The van der Waals surface area contributed by atoms with Gasteiger partial charge in [-0.05, 0) is 48.4 Å². The van der Waals surface area contributed by atoms with Gasteiger partial charge in [0.1, 0.15) is 23.0 Å². The molecule has 1 saturated heterocycles. The third-order valence-corrected chi connectivity index (χ3v) is 5.33. The number of anilines is 1.